The molecule has 1 atom stereocenters. The first-order valence-electron chi connectivity index (χ1n) is 8.53. The average molecular weight is 322 g/mol. The second-order valence-electron chi connectivity index (χ2n) is 6.85. The molecule has 0 unspecified atom stereocenters. The Morgan fingerprint density at radius 3 is 2.91 bits per heavy atom. The lowest BCUT2D eigenvalue weighted by molar-refractivity contribution is -0.140. The Balaban J connectivity index is 1.51. The van der Waals surface area contributed by atoms with Gasteiger partial charge < -0.3 is 14.9 Å². The highest BCUT2D eigenvalue weighted by molar-refractivity contribution is 5.77. The third-order valence-electron chi connectivity index (χ3n) is 5.11. The minimum atomic E-state index is 0.0531. The summed E-state index contributed by atoms with van der Waals surface area (Å²) in [6.45, 7) is 5.39. The number of aliphatic hydroxyl groups excluding tert-OH is 1. The van der Waals surface area contributed by atoms with Crippen molar-refractivity contribution in [3.05, 3.63) is 6.33 Å². The van der Waals surface area contributed by atoms with Crippen molar-refractivity contribution < 1.29 is 9.90 Å². The summed E-state index contributed by atoms with van der Waals surface area (Å²) in [5.74, 6) is 0.195. The van der Waals surface area contributed by atoms with Crippen molar-refractivity contribution >= 4 is 5.91 Å². The molecule has 0 aliphatic carbocycles. The summed E-state index contributed by atoms with van der Waals surface area (Å²) in [6.07, 6.45) is 6.66. The maximum atomic E-state index is 12.0. The maximum Gasteiger partial charge on any atom is 0.222 e. The van der Waals surface area contributed by atoms with Gasteiger partial charge in [-0.2, -0.15) is 0 Å². The number of rotatable bonds is 6. The highest BCUT2D eigenvalue weighted by atomic mass is 16.3. The molecule has 2 fully saturated rings. The van der Waals surface area contributed by atoms with E-state index in [1.54, 1.807) is 11.0 Å². The first-order chi connectivity index (χ1) is 11.2. The third-order valence-corrected chi connectivity index (χ3v) is 5.11. The highest BCUT2D eigenvalue weighted by Crippen LogP contribution is 2.38. The van der Waals surface area contributed by atoms with Crippen molar-refractivity contribution in [2.24, 2.45) is 5.41 Å². The van der Waals surface area contributed by atoms with E-state index in [1.807, 2.05) is 4.90 Å². The van der Waals surface area contributed by atoms with Gasteiger partial charge in [-0.25, -0.2) is 4.68 Å². The Bertz CT molecular complexity index is 508. The summed E-state index contributed by atoms with van der Waals surface area (Å²) in [6, 6.07) is 0. The smallest absolute Gasteiger partial charge is 0.222 e. The Kier molecular flexibility index (Phi) is 5.22. The number of carbonyl (C=O) groups is 1. The second kappa shape index (κ2) is 7.35. The zero-order valence-electron chi connectivity index (χ0n) is 13.6. The summed E-state index contributed by atoms with van der Waals surface area (Å²) < 4.78 is 1.77. The molecule has 3 rings (SSSR count). The first kappa shape index (κ1) is 16.3. The van der Waals surface area contributed by atoms with Gasteiger partial charge in [0.25, 0.3) is 0 Å². The number of likely N-dealkylation sites (tertiary alicyclic amines) is 2. The molecule has 0 saturated carbocycles. The number of piperidine rings is 2. The van der Waals surface area contributed by atoms with E-state index in [1.165, 1.54) is 12.8 Å². The van der Waals surface area contributed by atoms with Crippen LogP contribution >= 0.6 is 0 Å². The Morgan fingerprint density at radius 1 is 1.22 bits per heavy atom. The van der Waals surface area contributed by atoms with E-state index in [9.17, 15) is 4.79 Å². The largest absolute Gasteiger partial charge is 0.395 e. The van der Waals surface area contributed by atoms with Crippen LogP contribution in [0.3, 0.4) is 0 Å². The fraction of sp³-hybridized carbons (Fsp3) is 0.867. The highest BCUT2D eigenvalue weighted by Gasteiger charge is 2.41. The van der Waals surface area contributed by atoms with Crippen molar-refractivity contribution in [2.75, 3.05) is 39.3 Å². The minimum Gasteiger partial charge on any atom is -0.395 e. The zero-order valence-corrected chi connectivity index (χ0v) is 13.6. The van der Waals surface area contributed by atoms with Crippen LogP contribution in [0, 0.1) is 5.41 Å². The lowest BCUT2D eigenvalue weighted by Gasteiger charge is -2.48. The van der Waals surface area contributed by atoms with Gasteiger partial charge in [-0.3, -0.25) is 4.79 Å². The normalized spacial score (nSPS) is 26.1. The lowest BCUT2D eigenvalue weighted by atomic mass is 9.73. The fourth-order valence-electron chi connectivity index (χ4n) is 4.00. The molecule has 23 heavy (non-hydrogen) atoms. The molecule has 1 aromatic rings. The number of hydrogen-bond acceptors (Lipinski definition) is 6. The maximum absolute atomic E-state index is 12.0. The van der Waals surface area contributed by atoms with Gasteiger partial charge in [0.05, 0.1) is 6.61 Å². The molecule has 128 valence electrons. The average Bonchev–Trinajstić information content (AvgIpc) is 3.05. The van der Waals surface area contributed by atoms with E-state index in [0.717, 1.165) is 45.6 Å². The summed E-state index contributed by atoms with van der Waals surface area (Å²) in [7, 11) is 0. The molecule has 1 aromatic heterocycles. The summed E-state index contributed by atoms with van der Waals surface area (Å²) >= 11 is 0. The van der Waals surface area contributed by atoms with Crippen LogP contribution in [0.5, 0.6) is 0 Å². The van der Waals surface area contributed by atoms with Crippen molar-refractivity contribution in [3.8, 4) is 0 Å². The molecule has 2 saturated heterocycles. The van der Waals surface area contributed by atoms with Gasteiger partial charge in [-0.05, 0) is 49.2 Å². The Morgan fingerprint density at radius 2 is 2.13 bits per heavy atom. The quantitative estimate of drug-likeness (QED) is 0.778. The van der Waals surface area contributed by atoms with E-state index in [2.05, 4.69) is 20.4 Å². The zero-order chi connectivity index (χ0) is 16.1. The van der Waals surface area contributed by atoms with Gasteiger partial charge in [0.2, 0.25) is 5.91 Å². The molecule has 1 N–H and O–H groups in total. The van der Waals surface area contributed by atoms with Crippen molar-refractivity contribution in [1.82, 2.24) is 30.0 Å². The number of aryl methyl sites for hydroxylation is 1. The number of aliphatic hydroxyl groups is 1. The molecule has 3 heterocycles. The number of hydrogen-bond donors (Lipinski definition) is 1. The molecule has 1 amide bonds. The van der Waals surface area contributed by atoms with Gasteiger partial charge in [-0.1, -0.05) is 0 Å². The topological polar surface area (TPSA) is 87.4 Å². The Labute approximate surface area is 136 Å². The van der Waals surface area contributed by atoms with Crippen LogP contribution in [0.1, 0.15) is 32.1 Å². The Hall–Kier alpha value is -1.54. The SMILES string of the molecule is O=C1CC[C@]2(CCCN(CCCn3cnnn3)C2)CN1CCO. The first-order valence-corrected chi connectivity index (χ1v) is 8.53. The van der Waals surface area contributed by atoms with E-state index >= 15 is 0 Å². The predicted octanol–water partition coefficient (Wildman–Crippen LogP) is -0.240. The summed E-state index contributed by atoms with van der Waals surface area (Å²) in [4.78, 5) is 16.3. The van der Waals surface area contributed by atoms with Crippen molar-refractivity contribution in [3.63, 3.8) is 0 Å². The van der Waals surface area contributed by atoms with E-state index in [4.69, 9.17) is 5.11 Å². The number of nitrogens with zero attached hydrogens (tertiary/aromatic N) is 6. The van der Waals surface area contributed by atoms with Gasteiger partial charge in [0.1, 0.15) is 6.33 Å². The standard InChI is InChI=1S/C15H26N6O2/c22-10-9-20-12-15(5-3-14(20)23)4-1-6-19(11-15)7-2-8-21-13-16-17-18-21/h13,22H,1-12H2/t15-/m0/s1. The molecule has 0 aromatic carbocycles. The number of aromatic nitrogens is 4. The van der Waals surface area contributed by atoms with Crippen LogP contribution < -0.4 is 0 Å². The fourth-order valence-corrected chi connectivity index (χ4v) is 4.00. The molecule has 2 aliphatic heterocycles. The summed E-state index contributed by atoms with van der Waals surface area (Å²) in [5.41, 5.74) is 0.218. The van der Waals surface area contributed by atoms with E-state index in [0.29, 0.717) is 13.0 Å². The van der Waals surface area contributed by atoms with E-state index < -0.39 is 0 Å². The predicted molar refractivity (Wildman–Crippen MR) is 83.4 cm³/mol. The third kappa shape index (κ3) is 4.06. The van der Waals surface area contributed by atoms with Crippen LogP contribution in [-0.2, 0) is 11.3 Å². The number of amides is 1. The number of tetrazole rings is 1. The molecule has 8 heteroatoms. The number of β-amino-alcohol motifs (C(OH)–C–C–N with tert-alkyl or cyclic N) is 1. The van der Waals surface area contributed by atoms with Crippen LogP contribution in [0.25, 0.3) is 0 Å². The van der Waals surface area contributed by atoms with Gasteiger partial charge in [-0.15, -0.1) is 5.10 Å². The van der Waals surface area contributed by atoms with E-state index in [-0.39, 0.29) is 17.9 Å². The lowest BCUT2D eigenvalue weighted by Crippen LogP contribution is -2.54. The molecular weight excluding hydrogens is 296 g/mol. The number of carbonyl (C=O) groups excluding carboxylic acids is 1. The van der Waals surface area contributed by atoms with Crippen LogP contribution in [0.15, 0.2) is 6.33 Å². The minimum absolute atomic E-state index is 0.0531. The van der Waals surface area contributed by atoms with Gasteiger partial charge in [0, 0.05) is 38.0 Å². The van der Waals surface area contributed by atoms with Gasteiger partial charge >= 0.3 is 0 Å². The van der Waals surface area contributed by atoms with Crippen LogP contribution in [0.2, 0.25) is 0 Å². The second-order valence-corrected chi connectivity index (χ2v) is 6.85. The molecule has 0 radical (unpaired) electrons. The molecule has 2 aliphatic rings. The molecule has 0 bridgehead atoms. The van der Waals surface area contributed by atoms with Crippen LogP contribution in [0.4, 0.5) is 0 Å². The molecule has 1 spiro atoms. The van der Waals surface area contributed by atoms with Crippen molar-refractivity contribution in [1.29, 1.82) is 0 Å². The summed E-state index contributed by atoms with van der Waals surface area (Å²) in [5, 5.41) is 20.3. The molecule has 8 nitrogen and oxygen atoms in total. The monoisotopic (exact) mass is 322 g/mol. The molecular formula is C15H26N6O2. The van der Waals surface area contributed by atoms with Gasteiger partial charge in [0.15, 0.2) is 0 Å². The van der Waals surface area contributed by atoms with Crippen molar-refractivity contribution in [2.45, 2.75) is 38.6 Å². The van der Waals surface area contributed by atoms with Crippen LogP contribution in [-0.4, -0.2) is 80.4 Å².